The Bertz CT molecular complexity index is 1290. The number of likely N-dealkylation sites (N-methyl/N-ethyl adjacent to an activating group) is 1. The molecule has 8 heteroatoms. The van der Waals surface area contributed by atoms with Gasteiger partial charge >= 0.3 is 0 Å². The summed E-state index contributed by atoms with van der Waals surface area (Å²) in [4.78, 5) is 28.0. The Morgan fingerprint density at radius 3 is 2.11 bits per heavy atom. The van der Waals surface area contributed by atoms with E-state index >= 15 is 0 Å². The Morgan fingerprint density at radius 1 is 0.889 bits per heavy atom. The third-order valence-corrected chi connectivity index (χ3v) is 7.76. The second kappa shape index (κ2) is 11.9. The molecule has 0 saturated carbocycles. The van der Waals surface area contributed by atoms with E-state index in [1.54, 1.807) is 50.2 Å². The molecule has 190 valence electrons. The molecule has 0 fully saturated rings. The van der Waals surface area contributed by atoms with Crippen molar-refractivity contribution in [3.63, 3.8) is 0 Å². The minimum atomic E-state index is -4.05. The molecule has 36 heavy (non-hydrogen) atoms. The number of hydrogen-bond donors (Lipinski definition) is 1. The lowest BCUT2D eigenvalue weighted by Crippen LogP contribution is -2.51. The normalized spacial score (nSPS) is 12.0. The van der Waals surface area contributed by atoms with Gasteiger partial charge in [-0.25, -0.2) is 8.42 Å². The summed E-state index contributed by atoms with van der Waals surface area (Å²) in [6.07, 6.45) is 0. The maximum Gasteiger partial charge on any atom is 0.264 e. The van der Waals surface area contributed by atoms with Gasteiger partial charge in [-0.1, -0.05) is 66.2 Å². The Balaban J connectivity index is 2.02. The number of benzene rings is 3. The summed E-state index contributed by atoms with van der Waals surface area (Å²) in [6.45, 7) is 7.38. The van der Waals surface area contributed by atoms with Crippen molar-refractivity contribution in [2.45, 2.75) is 45.2 Å². The van der Waals surface area contributed by atoms with Crippen molar-refractivity contribution >= 4 is 27.5 Å². The molecule has 0 bridgehead atoms. The van der Waals surface area contributed by atoms with Crippen LogP contribution in [0, 0.1) is 13.8 Å². The molecule has 0 spiro atoms. The zero-order valence-electron chi connectivity index (χ0n) is 21.1. The smallest absolute Gasteiger partial charge is 0.264 e. The molecule has 0 aliphatic heterocycles. The maximum absolute atomic E-state index is 13.8. The number of carbonyl (C=O) groups excluding carboxylic acids is 2. The SMILES string of the molecule is CCNC(=O)[C@H](C)N(Cc1ccc(C)cc1)C(=O)CN(c1ccccc1C)S(=O)(=O)c1ccccc1. The third kappa shape index (κ3) is 6.31. The quantitative estimate of drug-likeness (QED) is 0.449. The van der Waals surface area contributed by atoms with Crippen LogP contribution in [0.5, 0.6) is 0 Å². The predicted molar refractivity (Wildman–Crippen MR) is 142 cm³/mol. The number of nitrogens with zero attached hydrogens (tertiary/aromatic N) is 2. The summed E-state index contributed by atoms with van der Waals surface area (Å²) in [5, 5.41) is 2.76. The van der Waals surface area contributed by atoms with Gasteiger partial charge < -0.3 is 10.2 Å². The first kappa shape index (κ1) is 26.9. The van der Waals surface area contributed by atoms with Crippen LogP contribution in [0.25, 0.3) is 0 Å². The van der Waals surface area contributed by atoms with E-state index < -0.39 is 28.5 Å². The van der Waals surface area contributed by atoms with E-state index in [4.69, 9.17) is 0 Å². The fourth-order valence-electron chi connectivity index (χ4n) is 3.87. The summed E-state index contributed by atoms with van der Waals surface area (Å²) in [5.74, 6) is -0.775. The minimum absolute atomic E-state index is 0.0860. The standard InChI is InChI=1S/C28H33N3O4S/c1-5-29-28(33)23(4)30(19-24-17-15-21(2)16-18-24)27(32)20-31(26-14-10-9-11-22(26)3)36(34,35)25-12-7-6-8-13-25/h6-18,23H,5,19-20H2,1-4H3,(H,29,33)/t23-/m0/s1. The molecule has 0 aliphatic carbocycles. The van der Waals surface area contributed by atoms with Gasteiger partial charge in [0.1, 0.15) is 12.6 Å². The third-order valence-electron chi connectivity index (χ3n) is 5.99. The molecule has 3 rings (SSSR count). The molecule has 1 N–H and O–H groups in total. The van der Waals surface area contributed by atoms with Crippen LogP contribution in [0.4, 0.5) is 5.69 Å². The molecular formula is C28H33N3O4S. The van der Waals surface area contributed by atoms with E-state index in [0.29, 0.717) is 17.8 Å². The average Bonchev–Trinajstić information content (AvgIpc) is 2.87. The van der Waals surface area contributed by atoms with Gasteiger partial charge in [-0.05, 0) is 57.0 Å². The lowest BCUT2D eigenvalue weighted by molar-refractivity contribution is -0.139. The first-order valence-corrected chi connectivity index (χ1v) is 13.3. The Labute approximate surface area is 213 Å². The minimum Gasteiger partial charge on any atom is -0.355 e. The second-order valence-corrected chi connectivity index (χ2v) is 10.6. The highest BCUT2D eigenvalue weighted by Crippen LogP contribution is 2.27. The highest BCUT2D eigenvalue weighted by Gasteiger charge is 2.32. The van der Waals surface area contributed by atoms with Gasteiger partial charge in [-0.3, -0.25) is 13.9 Å². The molecule has 3 aromatic rings. The second-order valence-electron chi connectivity index (χ2n) is 8.69. The number of aryl methyl sites for hydroxylation is 2. The van der Waals surface area contributed by atoms with Crippen molar-refractivity contribution in [2.24, 2.45) is 0 Å². The Morgan fingerprint density at radius 2 is 1.50 bits per heavy atom. The number of para-hydroxylation sites is 1. The van der Waals surface area contributed by atoms with Crippen LogP contribution in [-0.2, 0) is 26.2 Å². The van der Waals surface area contributed by atoms with E-state index in [1.165, 1.54) is 17.0 Å². The van der Waals surface area contributed by atoms with Crippen molar-refractivity contribution < 1.29 is 18.0 Å². The molecule has 0 heterocycles. The summed E-state index contributed by atoms with van der Waals surface area (Å²) < 4.78 is 28.6. The zero-order valence-corrected chi connectivity index (χ0v) is 22.0. The highest BCUT2D eigenvalue weighted by atomic mass is 32.2. The van der Waals surface area contributed by atoms with Gasteiger partial charge in [0.15, 0.2) is 0 Å². The fraction of sp³-hybridized carbons (Fsp3) is 0.286. The molecule has 0 unspecified atom stereocenters. The van der Waals surface area contributed by atoms with E-state index in [0.717, 1.165) is 15.4 Å². The lowest BCUT2D eigenvalue weighted by atomic mass is 10.1. The van der Waals surface area contributed by atoms with Crippen molar-refractivity contribution in [1.82, 2.24) is 10.2 Å². The van der Waals surface area contributed by atoms with E-state index in [-0.39, 0.29) is 17.3 Å². The number of nitrogens with one attached hydrogen (secondary N) is 1. The van der Waals surface area contributed by atoms with Crippen LogP contribution < -0.4 is 9.62 Å². The number of hydrogen-bond acceptors (Lipinski definition) is 4. The lowest BCUT2D eigenvalue weighted by Gasteiger charge is -2.32. The number of anilines is 1. The van der Waals surface area contributed by atoms with Crippen molar-refractivity contribution in [1.29, 1.82) is 0 Å². The predicted octanol–water partition coefficient (Wildman–Crippen LogP) is 4.05. The Kier molecular flexibility index (Phi) is 8.88. The van der Waals surface area contributed by atoms with Crippen LogP contribution in [0.3, 0.4) is 0 Å². The topological polar surface area (TPSA) is 86.8 Å². The number of sulfonamides is 1. The number of carbonyl (C=O) groups is 2. The van der Waals surface area contributed by atoms with Crippen LogP contribution in [0.15, 0.2) is 83.8 Å². The van der Waals surface area contributed by atoms with Gasteiger partial charge in [0, 0.05) is 13.1 Å². The molecule has 1 atom stereocenters. The van der Waals surface area contributed by atoms with Crippen LogP contribution >= 0.6 is 0 Å². The Hall–Kier alpha value is -3.65. The zero-order chi connectivity index (χ0) is 26.3. The summed E-state index contributed by atoms with van der Waals surface area (Å²) in [5.41, 5.74) is 3.05. The van der Waals surface area contributed by atoms with Crippen LogP contribution in [0.2, 0.25) is 0 Å². The van der Waals surface area contributed by atoms with Gasteiger partial charge in [-0.15, -0.1) is 0 Å². The largest absolute Gasteiger partial charge is 0.355 e. The molecule has 7 nitrogen and oxygen atoms in total. The molecule has 0 aliphatic rings. The molecule has 0 saturated heterocycles. The number of rotatable bonds is 10. The summed E-state index contributed by atoms with van der Waals surface area (Å²) >= 11 is 0. The van der Waals surface area contributed by atoms with Crippen LogP contribution in [0.1, 0.15) is 30.5 Å². The molecule has 2 amide bonds. The van der Waals surface area contributed by atoms with Crippen molar-refractivity contribution in [2.75, 3.05) is 17.4 Å². The fourth-order valence-corrected chi connectivity index (χ4v) is 5.37. The van der Waals surface area contributed by atoms with E-state index in [2.05, 4.69) is 5.32 Å². The first-order valence-electron chi connectivity index (χ1n) is 11.9. The highest BCUT2D eigenvalue weighted by molar-refractivity contribution is 7.92. The summed E-state index contributed by atoms with van der Waals surface area (Å²) in [6, 6.07) is 22.0. The maximum atomic E-state index is 13.8. The first-order chi connectivity index (χ1) is 17.1. The average molecular weight is 508 g/mol. The van der Waals surface area contributed by atoms with Gasteiger partial charge in [-0.2, -0.15) is 0 Å². The molecular weight excluding hydrogens is 474 g/mol. The van der Waals surface area contributed by atoms with E-state index in [9.17, 15) is 18.0 Å². The monoisotopic (exact) mass is 507 g/mol. The van der Waals surface area contributed by atoms with Crippen LogP contribution in [-0.4, -0.2) is 44.3 Å². The summed E-state index contributed by atoms with van der Waals surface area (Å²) in [7, 11) is -4.05. The van der Waals surface area contributed by atoms with Gasteiger partial charge in [0.05, 0.1) is 10.6 Å². The van der Waals surface area contributed by atoms with Crippen molar-refractivity contribution in [3.8, 4) is 0 Å². The molecule has 3 aromatic carbocycles. The molecule has 0 aromatic heterocycles. The number of amides is 2. The van der Waals surface area contributed by atoms with E-state index in [1.807, 2.05) is 44.2 Å². The molecule has 0 radical (unpaired) electrons. The van der Waals surface area contributed by atoms with Crippen molar-refractivity contribution in [3.05, 3.63) is 95.6 Å². The van der Waals surface area contributed by atoms with Gasteiger partial charge in [0.25, 0.3) is 10.0 Å². The van der Waals surface area contributed by atoms with Gasteiger partial charge in [0.2, 0.25) is 11.8 Å².